The summed E-state index contributed by atoms with van der Waals surface area (Å²) in [5.41, 5.74) is 0. The number of nitrogens with zero attached hydrogens (tertiary/aromatic N) is 2. The molecule has 2 atom stereocenters. The normalized spacial score (nSPS) is 33.5. The molecule has 2 unspecified atom stereocenters. The Morgan fingerprint density at radius 1 is 1.31 bits per heavy atom. The number of piperazine rings is 1. The lowest BCUT2D eigenvalue weighted by molar-refractivity contribution is 0.0671. The van der Waals surface area contributed by atoms with Crippen molar-refractivity contribution in [3.8, 4) is 6.07 Å². The largest absolute Gasteiger partial charge is 0.311 e. The highest BCUT2D eigenvalue weighted by Crippen LogP contribution is 2.26. The Balaban J connectivity index is 1.98. The van der Waals surface area contributed by atoms with Crippen LogP contribution in [0.1, 0.15) is 45.4 Å². The fraction of sp³-hybridized carbons (Fsp3) is 0.923. The zero-order valence-electron chi connectivity index (χ0n) is 10.3. The van der Waals surface area contributed by atoms with Crippen molar-refractivity contribution in [1.29, 1.82) is 5.26 Å². The number of rotatable bonds is 2. The lowest BCUT2D eigenvalue weighted by atomic mass is 9.91. The first-order valence-corrected chi connectivity index (χ1v) is 6.67. The number of hydrogen-bond acceptors (Lipinski definition) is 3. The topological polar surface area (TPSA) is 39.1 Å². The molecule has 2 rings (SSSR count). The number of nitriles is 1. The van der Waals surface area contributed by atoms with Crippen LogP contribution in [0.5, 0.6) is 0 Å². The maximum Gasteiger partial charge on any atom is 0.0638 e. The van der Waals surface area contributed by atoms with Crippen molar-refractivity contribution in [3.63, 3.8) is 0 Å². The van der Waals surface area contributed by atoms with E-state index >= 15 is 0 Å². The summed E-state index contributed by atoms with van der Waals surface area (Å²) in [6.07, 6.45) is 7.52. The van der Waals surface area contributed by atoms with Gasteiger partial charge in [0.15, 0.2) is 0 Å². The van der Waals surface area contributed by atoms with Crippen LogP contribution in [0, 0.1) is 11.3 Å². The summed E-state index contributed by atoms with van der Waals surface area (Å²) >= 11 is 0. The van der Waals surface area contributed by atoms with Crippen LogP contribution < -0.4 is 5.32 Å². The van der Waals surface area contributed by atoms with Gasteiger partial charge in [-0.15, -0.1) is 0 Å². The third kappa shape index (κ3) is 2.75. The van der Waals surface area contributed by atoms with E-state index in [1.165, 1.54) is 32.1 Å². The maximum atomic E-state index is 8.90. The van der Waals surface area contributed by atoms with Gasteiger partial charge in [0.05, 0.1) is 12.5 Å². The van der Waals surface area contributed by atoms with Crippen LogP contribution in [0.4, 0.5) is 0 Å². The minimum absolute atomic E-state index is 0.448. The van der Waals surface area contributed by atoms with E-state index in [1.54, 1.807) is 0 Å². The molecule has 1 heterocycles. The van der Waals surface area contributed by atoms with Gasteiger partial charge >= 0.3 is 0 Å². The average molecular weight is 221 g/mol. The molecule has 1 aliphatic carbocycles. The van der Waals surface area contributed by atoms with Gasteiger partial charge in [-0.05, 0) is 19.8 Å². The second-order valence-corrected chi connectivity index (χ2v) is 5.31. The molecule has 0 spiro atoms. The van der Waals surface area contributed by atoms with Crippen molar-refractivity contribution >= 4 is 0 Å². The Morgan fingerprint density at radius 3 is 2.75 bits per heavy atom. The lowest BCUT2D eigenvalue weighted by Crippen LogP contribution is -2.58. The van der Waals surface area contributed by atoms with E-state index < -0.39 is 0 Å². The molecular weight excluding hydrogens is 198 g/mol. The molecule has 0 aromatic heterocycles. The first kappa shape index (κ1) is 11.9. The van der Waals surface area contributed by atoms with E-state index in [-0.39, 0.29) is 0 Å². The SMILES string of the molecule is CC1CN(C2CCCCC2)C(CC#N)CN1. The zero-order chi connectivity index (χ0) is 11.4. The second kappa shape index (κ2) is 5.65. The van der Waals surface area contributed by atoms with Gasteiger partial charge in [-0.2, -0.15) is 5.26 Å². The van der Waals surface area contributed by atoms with Gasteiger partial charge in [0, 0.05) is 31.2 Å². The van der Waals surface area contributed by atoms with Gasteiger partial charge in [-0.1, -0.05) is 19.3 Å². The first-order valence-electron chi connectivity index (χ1n) is 6.67. The molecule has 0 radical (unpaired) electrons. The minimum atomic E-state index is 0.448. The Bertz CT molecular complexity index is 252. The fourth-order valence-electron chi connectivity index (χ4n) is 3.14. The molecule has 2 aliphatic rings. The quantitative estimate of drug-likeness (QED) is 0.774. The van der Waals surface area contributed by atoms with Crippen molar-refractivity contribution in [3.05, 3.63) is 0 Å². The van der Waals surface area contributed by atoms with Gasteiger partial charge in [0.25, 0.3) is 0 Å². The van der Waals surface area contributed by atoms with Crippen LogP contribution in [0.2, 0.25) is 0 Å². The lowest BCUT2D eigenvalue weighted by Gasteiger charge is -2.44. The molecule has 16 heavy (non-hydrogen) atoms. The van der Waals surface area contributed by atoms with E-state index in [1.807, 2.05) is 0 Å². The molecule has 1 saturated heterocycles. The second-order valence-electron chi connectivity index (χ2n) is 5.31. The molecule has 0 aromatic carbocycles. The summed E-state index contributed by atoms with van der Waals surface area (Å²) in [6, 6.07) is 4.12. The van der Waals surface area contributed by atoms with Gasteiger partial charge < -0.3 is 5.32 Å². The number of nitrogens with one attached hydrogen (secondary N) is 1. The van der Waals surface area contributed by atoms with Crippen LogP contribution in [-0.2, 0) is 0 Å². The monoisotopic (exact) mass is 221 g/mol. The van der Waals surface area contributed by atoms with E-state index in [4.69, 9.17) is 5.26 Å². The van der Waals surface area contributed by atoms with Gasteiger partial charge in [0.2, 0.25) is 0 Å². The third-order valence-electron chi connectivity index (χ3n) is 4.03. The fourth-order valence-corrected chi connectivity index (χ4v) is 3.14. The molecule has 0 aromatic rings. The Hall–Kier alpha value is -0.590. The molecule has 3 nitrogen and oxygen atoms in total. The zero-order valence-corrected chi connectivity index (χ0v) is 10.3. The highest BCUT2D eigenvalue weighted by atomic mass is 15.3. The van der Waals surface area contributed by atoms with Crippen LogP contribution in [0.15, 0.2) is 0 Å². The van der Waals surface area contributed by atoms with Crippen LogP contribution in [0.3, 0.4) is 0 Å². The molecule has 3 heteroatoms. The van der Waals surface area contributed by atoms with Gasteiger partial charge in [-0.25, -0.2) is 0 Å². The van der Waals surface area contributed by atoms with Crippen molar-refractivity contribution in [2.24, 2.45) is 0 Å². The van der Waals surface area contributed by atoms with Crippen LogP contribution in [0.25, 0.3) is 0 Å². The third-order valence-corrected chi connectivity index (χ3v) is 4.03. The highest BCUT2D eigenvalue weighted by molar-refractivity contribution is 4.93. The molecule has 90 valence electrons. The first-order chi connectivity index (χ1) is 7.81. The molecule has 0 bridgehead atoms. The van der Waals surface area contributed by atoms with Gasteiger partial charge in [-0.3, -0.25) is 4.90 Å². The molecular formula is C13H23N3. The molecule has 0 amide bonds. The molecule has 2 fully saturated rings. The standard InChI is InChI=1S/C13H23N3/c1-11-10-16(12-5-3-2-4-6-12)13(7-8-14)9-15-11/h11-13,15H,2-7,9-10H2,1H3. The van der Waals surface area contributed by atoms with E-state index in [0.29, 0.717) is 18.5 Å². The van der Waals surface area contributed by atoms with Crippen molar-refractivity contribution < 1.29 is 0 Å². The summed E-state index contributed by atoms with van der Waals surface area (Å²) < 4.78 is 0. The van der Waals surface area contributed by atoms with Crippen LogP contribution in [-0.4, -0.2) is 36.1 Å². The molecule has 1 aliphatic heterocycles. The summed E-state index contributed by atoms with van der Waals surface area (Å²) in [7, 11) is 0. The number of hydrogen-bond donors (Lipinski definition) is 1. The predicted molar refractivity (Wildman–Crippen MR) is 65.1 cm³/mol. The van der Waals surface area contributed by atoms with Crippen molar-refractivity contribution in [2.75, 3.05) is 13.1 Å². The van der Waals surface area contributed by atoms with E-state index in [2.05, 4.69) is 23.2 Å². The maximum absolute atomic E-state index is 8.90. The molecule has 1 saturated carbocycles. The Kier molecular flexibility index (Phi) is 4.20. The van der Waals surface area contributed by atoms with Crippen molar-refractivity contribution in [1.82, 2.24) is 10.2 Å². The Morgan fingerprint density at radius 2 is 2.06 bits per heavy atom. The van der Waals surface area contributed by atoms with E-state index in [0.717, 1.165) is 19.1 Å². The average Bonchev–Trinajstić information content (AvgIpc) is 2.33. The predicted octanol–water partition coefficient (Wildman–Crippen LogP) is 1.90. The highest BCUT2D eigenvalue weighted by Gasteiger charge is 2.31. The van der Waals surface area contributed by atoms with E-state index in [9.17, 15) is 0 Å². The van der Waals surface area contributed by atoms with Crippen LogP contribution >= 0.6 is 0 Å². The molecule has 1 N–H and O–H groups in total. The summed E-state index contributed by atoms with van der Waals surface area (Å²) in [5.74, 6) is 0. The summed E-state index contributed by atoms with van der Waals surface area (Å²) in [6.45, 7) is 4.36. The summed E-state index contributed by atoms with van der Waals surface area (Å²) in [5, 5.41) is 12.4. The minimum Gasteiger partial charge on any atom is -0.311 e. The van der Waals surface area contributed by atoms with Gasteiger partial charge in [0.1, 0.15) is 0 Å². The Labute approximate surface area is 98.8 Å². The van der Waals surface area contributed by atoms with Crippen molar-refractivity contribution in [2.45, 2.75) is 63.6 Å². The smallest absolute Gasteiger partial charge is 0.0638 e. The summed E-state index contributed by atoms with van der Waals surface area (Å²) in [4.78, 5) is 2.61.